The van der Waals surface area contributed by atoms with Crippen LogP contribution in [-0.2, 0) is 14.0 Å². The highest BCUT2D eigenvalue weighted by molar-refractivity contribution is 6.64. The predicted molar refractivity (Wildman–Crippen MR) is 84.7 cm³/mol. The van der Waals surface area contributed by atoms with Crippen molar-refractivity contribution in [3.8, 4) is 0 Å². The second-order valence-electron chi connectivity index (χ2n) is 6.51. The average Bonchev–Trinajstić information content (AvgIpc) is 2.97. The third kappa shape index (κ3) is 2.62. The summed E-state index contributed by atoms with van der Waals surface area (Å²) < 4.78 is 18.7. The lowest BCUT2D eigenvalue weighted by Crippen LogP contribution is -2.41. The summed E-state index contributed by atoms with van der Waals surface area (Å²) in [6.07, 6.45) is 3.16. The van der Waals surface area contributed by atoms with E-state index in [1.54, 1.807) is 23.7 Å². The van der Waals surface area contributed by atoms with Gasteiger partial charge >= 0.3 is 13.1 Å². The molecular weight excluding hydrogens is 297 g/mol. The summed E-state index contributed by atoms with van der Waals surface area (Å²) in [5.74, 6) is -0.462. The summed E-state index contributed by atoms with van der Waals surface area (Å²) in [7, 11) is -0.546. The third-order valence-electron chi connectivity index (χ3n) is 4.44. The van der Waals surface area contributed by atoms with Crippen molar-refractivity contribution in [2.24, 2.45) is 0 Å². The number of nitrogens with zero attached hydrogens (tertiary/aromatic N) is 3. The van der Waals surface area contributed by atoms with Gasteiger partial charge in [0.15, 0.2) is 5.69 Å². The number of fused-ring (bicyclic) bond motifs is 1. The summed E-state index contributed by atoms with van der Waals surface area (Å²) in [6.45, 7) is 10.0. The second-order valence-corrected chi connectivity index (χ2v) is 6.51. The van der Waals surface area contributed by atoms with Crippen molar-refractivity contribution >= 4 is 24.1 Å². The van der Waals surface area contributed by atoms with Gasteiger partial charge in [-0.05, 0) is 40.7 Å². The van der Waals surface area contributed by atoms with E-state index in [2.05, 4.69) is 10.1 Å². The van der Waals surface area contributed by atoms with Crippen molar-refractivity contribution < 1.29 is 18.8 Å². The zero-order valence-corrected chi connectivity index (χ0v) is 14.0. The Balaban J connectivity index is 1.99. The van der Waals surface area contributed by atoms with Gasteiger partial charge in [0.2, 0.25) is 0 Å². The van der Waals surface area contributed by atoms with Gasteiger partial charge in [-0.3, -0.25) is 0 Å². The Labute approximate surface area is 135 Å². The molecule has 0 spiro atoms. The number of carbonyl (C=O) groups is 1. The highest BCUT2D eigenvalue weighted by atomic mass is 16.7. The summed E-state index contributed by atoms with van der Waals surface area (Å²) >= 11 is 0. The number of rotatable bonds is 3. The molecule has 0 saturated carbocycles. The van der Waals surface area contributed by atoms with Crippen molar-refractivity contribution in [1.82, 2.24) is 14.6 Å². The molecule has 0 unspecified atom stereocenters. The van der Waals surface area contributed by atoms with Crippen LogP contribution in [0.5, 0.6) is 0 Å². The minimum Gasteiger partial charge on any atom is -0.461 e. The molecule has 0 aromatic carbocycles. The van der Waals surface area contributed by atoms with E-state index >= 15 is 0 Å². The van der Waals surface area contributed by atoms with Crippen LogP contribution in [0.15, 0.2) is 18.6 Å². The van der Waals surface area contributed by atoms with Crippen LogP contribution in [0.2, 0.25) is 0 Å². The fourth-order valence-electron chi connectivity index (χ4n) is 2.38. The molecule has 0 radical (unpaired) electrons. The number of esters is 1. The van der Waals surface area contributed by atoms with Crippen molar-refractivity contribution in [2.75, 3.05) is 6.61 Å². The third-order valence-corrected chi connectivity index (χ3v) is 4.44. The lowest BCUT2D eigenvalue weighted by atomic mass is 9.80. The second kappa shape index (κ2) is 5.31. The molecule has 1 aliphatic heterocycles. The molecule has 0 bridgehead atoms. The normalized spacial score (nSPS) is 19.3. The van der Waals surface area contributed by atoms with Gasteiger partial charge in [0.1, 0.15) is 6.33 Å². The van der Waals surface area contributed by atoms with E-state index in [4.69, 9.17) is 14.0 Å². The van der Waals surface area contributed by atoms with Gasteiger partial charge in [-0.25, -0.2) is 14.3 Å². The lowest BCUT2D eigenvalue weighted by molar-refractivity contribution is 0.00578. The maximum Gasteiger partial charge on any atom is 0.498 e. The standard InChI is InChI=1S/C15H20BN3O4/c1-6-21-13(20)11-7-12-10(8-18-19(12)9-17-11)16-22-14(2,3)15(4,5)23-16/h7-9H,6H2,1-5H3. The highest BCUT2D eigenvalue weighted by Gasteiger charge is 2.52. The molecule has 0 N–H and O–H groups in total. The molecule has 0 aliphatic carbocycles. The minimum absolute atomic E-state index is 0.234. The Hall–Kier alpha value is -1.93. The molecule has 2 aromatic rings. The molecule has 122 valence electrons. The summed E-state index contributed by atoms with van der Waals surface area (Å²) in [6, 6.07) is 1.64. The summed E-state index contributed by atoms with van der Waals surface area (Å²) in [4.78, 5) is 15.9. The van der Waals surface area contributed by atoms with Crippen LogP contribution in [0.1, 0.15) is 45.1 Å². The Morgan fingerprint density at radius 3 is 2.57 bits per heavy atom. The van der Waals surface area contributed by atoms with Gasteiger partial charge in [0.05, 0.1) is 23.3 Å². The van der Waals surface area contributed by atoms with Gasteiger partial charge < -0.3 is 14.0 Å². The van der Waals surface area contributed by atoms with Crippen LogP contribution in [0.25, 0.3) is 5.52 Å². The predicted octanol–water partition coefficient (Wildman–Crippen LogP) is 1.21. The SMILES string of the molecule is CCOC(=O)c1cc2c(B3OC(C)(C)C(C)(C)O3)cnn2cn1. The van der Waals surface area contributed by atoms with Gasteiger partial charge in [-0.15, -0.1) is 0 Å². The van der Waals surface area contributed by atoms with E-state index in [-0.39, 0.29) is 5.69 Å². The molecule has 1 aliphatic rings. The monoisotopic (exact) mass is 317 g/mol. The van der Waals surface area contributed by atoms with E-state index in [1.807, 2.05) is 27.7 Å². The van der Waals surface area contributed by atoms with Crippen LogP contribution in [0.3, 0.4) is 0 Å². The Kier molecular flexibility index (Phi) is 3.69. The molecule has 3 heterocycles. The van der Waals surface area contributed by atoms with Crippen LogP contribution in [-0.4, -0.2) is 45.5 Å². The number of carbonyl (C=O) groups excluding carboxylic acids is 1. The largest absolute Gasteiger partial charge is 0.498 e. The molecule has 23 heavy (non-hydrogen) atoms. The summed E-state index contributed by atoms with van der Waals surface area (Å²) in [5.41, 5.74) is 0.821. The molecule has 1 fully saturated rings. The van der Waals surface area contributed by atoms with Crippen LogP contribution in [0.4, 0.5) is 0 Å². The Morgan fingerprint density at radius 2 is 1.96 bits per heavy atom. The quantitative estimate of drug-likeness (QED) is 0.626. The first-order valence-electron chi connectivity index (χ1n) is 7.61. The maximum atomic E-state index is 11.9. The van der Waals surface area contributed by atoms with E-state index < -0.39 is 24.3 Å². The first-order chi connectivity index (χ1) is 10.7. The van der Waals surface area contributed by atoms with Crippen molar-refractivity contribution in [2.45, 2.75) is 45.8 Å². The molecular formula is C15H20BN3O4. The number of ether oxygens (including phenoxy) is 1. The number of hydrogen-bond donors (Lipinski definition) is 0. The van der Waals surface area contributed by atoms with E-state index in [0.29, 0.717) is 12.1 Å². The lowest BCUT2D eigenvalue weighted by Gasteiger charge is -2.32. The topological polar surface area (TPSA) is 75.0 Å². The molecule has 2 aromatic heterocycles. The van der Waals surface area contributed by atoms with Crippen LogP contribution in [0, 0.1) is 0 Å². The number of hydrogen-bond acceptors (Lipinski definition) is 6. The molecule has 3 rings (SSSR count). The van der Waals surface area contributed by atoms with Gasteiger partial charge in [-0.2, -0.15) is 5.10 Å². The minimum atomic E-state index is -0.546. The van der Waals surface area contributed by atoms with Crippen LogP contribution >= 0.6 is 0 Å². The zero-order valence-electron chi connectivity index (χ0n) is 14.0. The number of aromatic nitrogens is 3. The summed E-state index contributed by atoms with van der Waals surface area (Å²) in [5, 5.41) is 4.25. The molecule has 0 amide bonds. The van der Waals surface area contributed by atoms with Gasteiger partial charge in [0.25, 0.3) is 0 Å². The zero-order chi connectivity index (χ0) is 16.8. The average molecular weight is 317 g/mol. The van der Waals surface area contributed by atoms with Crippen molar-refractivity contribution in [3.63, 3.8) is 0 Å². The Bertz CT molecular complexity index is 740. The van der Waals surface area contributed by atoms with Gasteiger partial charge in [0, 0.05) is 11.7 Å². The smallest absolute Gasteiger partial charge is 0.461 e. The van der Waals surface area contributed by atoms with Crippen LogP contribution < -0.4 is 5.46 Å². The molecule has 7 nitrogen and oxygen atoms in total. The molecule has 8 heteroatoms. The van der Waals surface area contributed by atoms with E-state index in [1.165, 1.54) is 6.33 Å². The fraction of sp³-hybridized carbons (Fsp3) is 0.533. The fourth-order valence-corrected chi connectivity index (χ4v) is 2.38. The Morgan fingerprint density at radius 1 is 1.30 bits per heavy atom. The maximum absolute atomic E-state index is 11.9. The first kappa shape index (κ1) is 16.0. The van der Waals surface area contributed by atoms with E-state index in [0.717, 1.165) is 5.46 Å². The highest BCUT2D eigenvalue weighted by Crippen LogP contribution is 2.36. The first-order valence-corrected chi connectivity index (χ1v) is 7.61. The van der Waals surface area contributed by atoms with Gasteiger partial charge in [-0.1, -0.05) is 0 Å². The van der Waals surface area contributed by atoms with Crippen molar-refractivity contribution in [3.05, 3.63) is 24.3 Å². The molecule has 1 saturated heterocycles. The van der Waals surface area contributed by atoms with Crippen molar-refractivity contribution in [1.29, 1.82) is 0 Å². The molecule has 0 atom stereocenters. The van der Waals surface area contributed by atoms with E-state index in [9.17, 15) is 4.79 Å².